The Labute approximate surface area is 186 Å². The van der Waals surface area contributed by atoms with Gasteiger partial charge in [-0.2, -0.15) is 5.10 Å². The summed E-state index contributed by atoms with van der Waals surface area (Å²) in [5.41, 5.74) is 2.30. The number of hydrogen-bond donors (Lipinski definition) is 0. The molecule has 1 aliphatic heterocycles. The Hall–Kier alpha value is -3.00. The van der Waals surface area contributed by atoms with Gasteiger partial charge in [-0.3, -0.25) is 9.59 Å². The molecular weight excluding hydrogens is 410 g/mol. The molecular formula is C23H27N5O2S. The summed E-state index contributed by atoms with van der Waals surface area (Å²) in [5, 5.41) is 6.10. The van der Waals surface area contributed by atoms with E-state index in [4.69, 9.17) is 0 Å². The van der Waals surface area contributed by atoms with Crippen LogP contribution >= 0.6 is 11.3 Å². The fourth-order valence-corrected chi connectivity index (χ4v) is 4.73. The molecule has 0 aliphatic carbocycles. The Bertz CT molecular complexity index is 986. The van der Waals surface area contributed by atoms with Crippen molar-refractivity contribution in [2.75, 3.05) is 26.2 Å². The van der Waals surface area contributed by atoms with Crippen LogP contribution in [0.2, 0.25) is 0 Å². The molecule has 0 N–H and O–H groups in total. The van der Waals surface area contributed by atoms with Gasteiger partial charge in [0, 0.05) is 31.1 Å². The zero-order valence-electron chi connectivity index (χ0n) is 17.7. The summed E-state index contributed by atoms with van der Waals surface area (Å²) in [7, 11) is 0. The van der Waals surface area contributed by atoms with Crippen LogP contribution in [0.5, 0.6) is 0 Å². The highest BCUT2D eigenvalue weighted by atomic mass is 32.1. The van der Waals surface area contributed by atoms with Crippen LogP contribution in [-0.4, -0.2) is 62.6 Å². The van der Waals surface area contributed by atoms with Gasteiger partial charge in [-0.15, -0.1) is 11.3 Å². The highest BCUT2D eigenvalue weighted by molar-refractivity contribution is 7.13. The minimum absolute atomic E-state index is 0.0327. The van der Waals surface area contributed by atoms with Crippen molar-refractivity contribution >= 4 is 23.2 Å². The van der Waals surface area contributed by atoms with Crippen LogP contribution in [0.4, 0.5) is 0 Å². The van der Waals surface area contributed by atoms with E-state index in [1.165, 1.54) is 27.8 Å². The van der Waals surface area contributed by atoms with Gasteiger partial charge in [0.2, 0.25) is 11.8 Å². The van der Waals surface area contributed by atoms with E-state index in [1.54, 1.807) is 16.2 Å². The van der Waals surface area contributed by atoms with Crippen molar-refractivity contribution < 1.29 is 9.59 Å². The van der Waals surface area contributed by atoms with Crippen molar-refractivity contribution in [2.45, 2.75) is 26.3 Å². The molecule has 1 saturated heterocycles. The summed E-state index contributed by atoms with van der Waals surface area (Å²) < 4.78 is 1.52. The highest BCUT2D eigenvalue weighted by Gasteiger charge is 2.32. The average molecular weight is 438 g/mol. The van der Waals surface area contributed by atoms with E-state index in [9.17, 15) is 9.59 Å². The molecule has 2 aromatic heterocycles. The van der Waals surface area contributed by atoms with Gasteiger partial charge in [-0.05, 0) is 35.4 Å². The van der Waals surface area contributed by atoms with Gasteiger partial charge < -0.3 is 9.80 Å². The summed E-state index contributed by atoms with van der Waals surface area (Å²) in [4.78, 5) is 35.0. The monoisotopic (exact) mass is 437 g/mol. The molecule has 3 aromatic rings. The Morgan fingerprint density at radius 1 is 1.19 bits per heavy atom. The van der Waals surface area contributed by atoms with Crippen LogP contribution in [-0.2, 0) is 22.6 Å². The molecule has 1 atom stereocenters. The van der Waals surface area contributed by atoms with Crippen molar-refractivity contribution in [2.24, 2.45) is 5.92 Å². The third kappa shape index (κ3) is 5.19. The molecule has 3 heterocycles. The fourth-order valence-electron chi connectivity index (χ4n) is 4.00. The Kier molecular flexibility index (Phi) is 6.76. The van der Waals surface area contributed by atoms with Crippen LogP contribution < -0.4 is 0 Å². The fraction of sp³-hybridized carbons (Fsp3) is 0.391. The molecule has 0 spiro atoms. The lowest BCUT2D eigenvalue weighted by Gasteiger charge is -2.24. The van der Waals surface area contributed by atoms with Gasteiger partial charge in [0.1, 0.15) is 19.2 Å². The number of hydrogen-bond acceptors (Lipinski definition) is 5. The van der Waals surface area contributed by atoms with E-state index < -0.39 is 0 Å². The maximum atomic E-state index is 13.2. The SMILES string of the molecule is CCCN1CCN(C(=O)Cn2cncn2)C[C@@H](Cc2ccc(-c3cccs3)cc2)C1=O. The molecule has 0 radical (unpaired) electrons. The van der Waals surface area contributed by atoms with Crippen molar-refractivity contribution in [1.29, 1.82) is 0 Å². The predicted molar refractivity (Wildman–Crippen MR) is 120 cm³/mol. The number of rotatable bonds is 7. The largest absolute Gasteiger partial charge is 0.341 e. The molecule has 1 aromatic carbocycles. The van der Waals surface area contributed by atoms with E-state index in [0.717, 1.165) is 18.5 Å². The molecule has 0 unspecified atom stereocenters. The van der Waals surface area contributed by atoms with Crippen molar-refractivity contribution in [3.63, 3.8) is 0 Å². The third-order valence-electron chi connectivity index (χ3n) is 5.59. The maximum Gasteiger partial charge on any atom is 0.244 e. The number of carbonyl (C=O) groups is 2. The second kappa shape index (κ2) is 9.87. The topological polar surface area (TPSA) is 71.3 Å². The molecule has 162 valence electrons. The van der Waals surface area contributed by atoms with Crippen LogP contribution in [0.15, 0.2) is 54.4 Å². The zero-order valence-corrected chi connectivity index (χ0v) is 18.5. The lowest BCUT2D eigenvalue weighted by atomic mass is 9.96. The van der Waals surface area contributed by atoms with E-state index in [2.05, 4.69) is 52.7 Å². The van der Waals surface area contributed by atoms with Crippen molar-refractivity contribution in [3.8, 4) is 10.4 Å². The Morgan fingerprint density at radius 2 is 2.03 bits per heavy atom. The van der Waals surface area contributed by atoms with Gasteiger partial charge in [0.05, 0.1) is 5.92 Å². The smallest absolute Gasteiger partial charge is 0.244 e. The molecule has 1 aliphatic rings. The number of amides is 2. The standard InChI is InChI=1S/C23H27N5O2S/c1-2-9-26-10-11-27(22(29)15-28-17-24-16-25-28)14-20(23(26)30)13-18-5-7-19(8-6-18)21-4-3-12-31-21/h3-8,12,16-17,20H,2,9-11,13-15H2,1H3/t20-/m1/s1. The second-order valence-electron chi connectivity index (χ2n) is 7.83. The lowest BCUT2D eigenvalue weighted by molar-refractivity contribution is -0.135. The minimum atomic E-state index is -0.249. The quantitative estimate of drug-likeness (QED) is 0.570. The van der Waals surface area contributed by atoms with Crippen LogP contribution in [0.3, 0.4) is 0 Å². The molecule has 0 saturated carbocycles. The van der Waals surface area contributed by atoms with Crippen LogP contribution in [0.1, 0.15) is 18.9 Å². The Balaban J connectivity index is 1.49. The predicted octanol–water partition coefficient (Wildman–Crippen LogP) is 2.95. The van der Waals surface area contributed by atoms with Gasteiger partial charge in [0.25, 0.3) is 0 Å². The molecule has 4 rings (SSSR count). The first kappa shape index (κ1) is 21.2. The first-order chi connectivity index (χ1) is 15.1. The normalized spacial score (nSPS) is 17.1. The first-order valence-corrected chi connectivity index (χ1v) is 11.5. The van der Waals surface area contributed by atoms with Crippen molar-refractivity contribution in [3.05, 3.63) is 60.0 Å². The lowest BCUT2D eigenvalue weighted by Crippen LogP contribution is -2.39. The number of carbonyl (C=O) groups excluding carboxylic acids is 2. The van der Waals surface area contributed by atoms with Gasteiger partial charge in [-0.1, -0.05) is 37.3 Å². The zero-order chi connectivity index (χ0) is 21.6. The first-order valence-electron chi connectivity index (χ1n) is 10.7. The highest BCUT2D eigenvalue weighted by Crippen LogP contribution is 2.26. The van der Waals surface area contributed by atoms with Gasteiger partial charge in [0.15, 0.2) is 0 Å². The number of nitrogens with zero attached hydrogens (tertiary/aromatic N) is 5. The maximum absolute atomic E-state index is 13.2. The third-order valence-corrected chi connectivity index (χ3v) is 6.51. The molecule has 2 amide bonds. The van der Waals surface area contributed by atoms with E-state index in [-0.39, 0.29) is 24.3 Å². The molecule has 7 nitrogen and oxygen atoms in total. The van der Waals surface area contributed by atoms with Crippen LogP contribution in [0.25, 0.3) is 10.4 Å². The number of benzene rings is 1. The molecule has 1 fully saturated rings. The molecule has 0 bridgehead atoms. The number of thiophene rings is 1. The summed E-state index contributed by atoms with van der Waals surface area (Å²) in [6.45, 7) is 4.49. The van der Waals surface area contributed by atoms with Gasteiger partial charge in [-0.25, -0.2) is 9.67 Å². The summed E-state index contributed by atoms with van der Waals surface area (Å²) in [5.74, 6) is -0.142. The number of aromatic nitrogens is 3. The van der Waals surface area contributed by atoms with E-state index in [0.29, 0.717) is 26.1 Å². The van der Waals surface area contributed by atoms with Crippen LogP contribution in [0, 0.1) is 5.92 Å². The Morgan fingerprint density at radius 3 is 2.71 bits per heavy atom. The molecule has 8 heteroatoms. The van der Waals surface area contributed by atoms with Crippen molar-refractivity contribution in [1.82, 2.24) is 24.6 Å². The van der Waals surface area contributed by atoms with E-state index >= 15 is 0 Å². The van der Waals surface area contributed by atoms with E-state index in [1.807, 2.05) is 11.0 Å². The average Bonchev–Trinajstić information content (AvgIpc) is 3.47. The summed E-state index contributed by atoms with van der Waals surface area (Å²) in [6, 6.07) is 12.6. The summed E-state index contributed by atoms with van der Waals surface area (Å²) in [6.07, 6.45) is 4.49. The second-order valence-corrected chi connectivity index (χ2v) is 8.78. The summed E-state index contributed by atoms with van der Waals surface area (Å²) >= 11 is 1.71. The molecule has 31 heavy (non-hydrogen) atoms. The minimum Gasteiger partial charge on any atom is -0.341 e. The van der Waals surface area contributed by atoms with Gasteiger partial charge >= 0.3 is 0 Å².